The molecule has 2 N–H and O–H groups in total. The molecule has 10 heteroatoms. The third kappa shape index (κ3) is 3.25. The van der Waals surface area contributed by atoms with Gasteiger partial charge in [0.15, 0.2) is 0 Å². The van der Waals surface area contributed by atoms with E-state index in [2.05, 4.69) is 5.32 Å². The molecule has 2 aromatic rings. The van der Waals surface area contributed by atoms with E-state index in [0.29, 0.717) is 12.6 Å². The van der Waals surface area contributed by atoms with Crippen LogP contribution in [0.5, 0.6) is 0 Å². The summed E-state index contributed by atoms with van der Waals surface area (Å²) in [6.07, 6.45) is -4.12. The molecule has 0 saturated carbocycles. The SMILES string of the molecule is CC1CN(c2c(F)cc3c(=O)c(C(=O)O)cn(C)c3c2C(F)(F)F)CCN1. The Hall–Kier alpha value is -2.62. The van der Waals surface area contributed by atoms with Crippen molar-refractivity contribution in [1.82, 2.24) is 9.88 Å². The summed E-state index contributed by atoms with van der Waals surface area (Å²) in [6, 6.07) is 0.551. The van der Waals surface area contributed by atoms with E-state index in [4.69, 9.17) is 5.11 Å². The molecule has 1 fully saturated rings. The van der Waals surface area contributed by atoms with Gasteiger partial charge in [-0.25, -0.2) is 9.18 Å². The van der Waals surface area contributed by atoms with Gasteiger partial charge >= 0.3 is 12.1 Å². The lowest BCUT2D eigenvalue weighted by Crippen LogP contribution is -2.50. The third-order valence-electron chi connectivity index (χ3n) is 4.59. The van der Waals surface area contributed by atoms with Crippen LogP contribution in [0.2, 0.25) is 0 Å². The predicted octanol–water partition coefficient (Wildman–Crippen LogP) is 2.19. The molecule has 1 aliphatic heterocycles. The van der Waals surface area contributed by atoms with Crippen molar-refractivity contribution in [3.63, 3.8) is 0 Å². The molecule has 1 atom stereocenters. The Kier molecular flexibility index (Phi) is 4.62. The maximum absolute atomic E-state index is 14.8. The first-order chi connectivity index (χ1) is 12.5. The molecule has 1 aromatic heterocycles. The lowest BCUT2D eigenvalue weighted by Gasteiger charge is -2.35. The molecule has 27 heavy (non-hydrogen) atoms. The summed E-state index contributed by atoms with van der Waals surface area (Å²) in [5.41, 5.74) is -4.31. The number of aromatic nitrogens is 1. The van der Waals surface area contributed by atoms with Gasteiger partial charge in [-0.1, -0.05) is 0 Å². The lowest BCUT2D eigenvalue weighted by atomic mass is 10.0. The average molecular weight is 387 g/mol. The van der Waals surface area contributed by atoms with Gasteiger partial charge in [0.25, 0.3) is 0 Å². The van der Waals surface area contributed by atoms with Crippen molar-refractivity contribution in [2.24, 2.45) is 7.05 Å². The summed E-state index contributed by atoms with van der Waals surface area (Å²) in [4.78, 5) is 24.8. The van der Waals surface area contributed by atoms with Crippen LogP contribution < -0.4 is 15.6 Å². The first-order valence-corrected chi connectivity index (χ1v) is 8.17. The number of aromatic carboxylic acids is 1. The second kappa shape index (κ2) is 6.52. The average Bonchev–Trinajstić information content (AvgIpc) is 2.55. The number of carbonyl (C=O) groups is 1. The number of hydrogen-bond donors (Lipinski definition) is 2. The largest absolute Gasteiger partial charge is 0.477 e. The number of benzene rings is 1. The molecule has 1 unspecified atom stereocenters. The van der Waals surface area contributed by atoms with Crippen molar-refractivity contribution in [1.29, 1.82) is 0 Å². The van der Waals surface area contributed by atoms with E-state index in [9.17, 15) is 27.2 Å². The fourth-order valence-electron chi connectivity index (χ4n) is 3.50. The summed E-state index contributed by atoms with van der Waals surface area (Å²) < 4.78 is 57.5. The molecule has 1 aromatic carbocycles. The summed E-state index contributed by atoms with van der Waals surface area (Å²) in [5, 5.41) is 11.5. The van der Waals surface area contributed by atoms with E-state index < -0.39 is 51.1 Å². The first-order valence-electron chi connectivity index (χ1n) is 8.17. The number of alkyl halides is 3. The van der Waals surface area contributed by atoms with E-state index in [1.807, 2.05) is 0 Å². The van der Waals surface area contributed by atoms with Crippen molar-refractivity contribution < 1.29 is 27.5 Å². The van der Waals surface area contributed by atoms with Gasteiger partial charge in [0.05, 0.1) is 16.6 Å². The van der Waals surface area contributed by atoms with Gasteiger partial charge in [-0.15, -0.1) is 0 Å². The Labute approximate surface area is 151 Å². The second-order valence-electron chi connectivity index (χ2n) is 6.57. The zero-order chi connectivity index (χ0) is 20.1. The number of pyridine rings is 1. The minimum atomic E-state index is -4.95. The highest BCUT2D eigenvalue weighted by Gasteiger charge is 2.41. The van der Waals surface area contributed by atoms with Crippen LogP contribution in [-0.4, -0.2) is 41.3 Å². The van der Waals surface area contributed by atoms with Gasteiger partial charge in [-0.3, -0.25) is 4.79 Å². The maximum Gasteiger partial charge on any atom is 0.420 e. The number of nitrogens with one attached hydrogen (secondary N) is 1. The maximum atomic E-state index is 14.8. The minimum Gasteiger partial charge on any atom is -0.477 e. The zero-order valence-corrected chi connectivity index (χ0v) is 14.5. The summed E-state index contributed by atoms with van der Waals surface area (Å²) in [6.45, 7) is 2.48. The van der Waals surface area contributed by atoms with Crippen LogP contribution in [0, 0.1) is 5.82 Å². The highest BCUT2D eigenvalue weighted by Crippen LogP contribution is 2.42. The van der Waals surface area contributed by atoms with Gasteiger partial charge in [-0.2, -0.15) is 13.2 Å². The van der Waals surface area contributed by atoms with E-state index in [1.165, 1.54) is 11.9 Å². The molecular formula is C17H17F4N3O3. The van der Waals surface area contributed by atoms with Crippen molar-refractivity contribution >= 4 is 22.6 Å². The molecule has 0 aliphatic carbocycles. The van der Waals surface area contributed by atoms with E-state index in [-0.39, 0.29) is 19.1 Å². The van der Waals surface area contributed by atoms with Crippen LogP contribution >= 0.6 is 0 Å². The standard InChI is InChI=1S/C17H17F4N3O3/c1-8-6-24(4-3-22-8)14-11(18)5-9-13(12(14)17(19,20)21)23(2)7-10(15(9)25)16(26)27/h5,7-8,22H,3-4,6H2,1-2H3,(H,26,27). The molecule has 146 valence electrons. The van der Waals surface area contributed by atoms with Gasteiger partial charge in [-0.05, 0) is 13.0 Å². The first kappa shape index (κ1) is 19.2. The Morgan fingerprint density at radius 3 is 2.59 bits per heavy atom. The number of rotatable bonds is 2. The predicted molar refractivity (Wildman–Crippen MR) is 90.8 cm³/mol. The van der Waals surface area contributed by atoms with Crippen LogP contribution in [-0.2, 0) is 13.2 Å². The Morgan fingerprint density at radius 2 is 2.04 bits per heavy atom. The van der Waals surface area contributed by atoms with Crippen molar-refractivity contribution in [3.05, 3.63) is 39.4 Å². The zero-order valence-electron chi connectivity index (χ0n) is 14.5. The van der Waals surface area contributed by atoms with Crippen molar-refractivity contribution in [3.8, 4) is 0 Å². The fourth-order valence-corrected chi connectivity index (χ4v) is 3.50. The molecule has 3 rings (SSSR count). The number of hydrogen-bond acceptors (Lipinski definition) is 4. The number of nitrogens with zero attached hydrogens (tertiary/aromatic N) is 2. The van der Waals surface area contributed by atoms with Crippen molar-refractivity contribution in [2.75, 3.05) is 24.5 Å². The van der Waals surface area contributed by atoms with Crippen LogP contribution in [0.25, 0.3) is 10.9 Å². The van der Waals surface area contributed by atoms with Crippen LogP contribution in [0.3, 0.4) is 0 Å². The van der Waals surface area contributed by atoms with Gasteiger partial charge in [0, 0.05) is 38.9 Å². The van der Waals surface area contributed by atoms with Crippen LogP contribution in [0.4, 0.5) is 23.2 Å². The molecule has 0 spiro atoms. The minimum absolute atomic E-state index is 0.145. The molecule has 1 saturated heterocycles. The van der Waals surface area contributed by atoms with E-state index >= 15 is 0 Å². The highest BCUT2D eigenvalue weighted by atomic mass is 19.4. The van der Waals surface area contributed by atoms with Crippen molar-refractivity contribution in [2.45, 2.75) is 19.1 Å². The normalized spacial score (nSPS) is 18.1. The molecule has 1 aliphatic rings. The van der Waals surface area contributed by atoms with Gasteiger partial charge in [0.1, 0.15) is 16.9 Å². The molecule has 2 heterocycles. The van der Waals surface area contributed by atoms with Crippen LogP contribution in [0.1, 0.15) is 22.8 Å². The third-order valence-corrected chi connectivity index (χ3v) is 4.59. The Morgan fingerprint density at radius 1 is 1.37 bits per heavy atom. The monoisotopic (exact) mass is 387 g/mol. The van der Waals surface area contributed by atoms with E-state index in [1.54, 1.807) is 6.92 Å². The fraction of sp³-hybridized carbons (Fsp3) is 0.412. The quantitative estimate of drug-likeness (QED) is 0.773. The molecule has 0 amide bonds. The summed E-state index contributed by atoms with van der Waals surface area (Å²) in [7, 11) is 1.20. The molecule has 6 nitrogen and oxygen atoms in total. The number of carboxylic acids is 1. The number of piperazine rings is 1. The molecule has 0 bridgehead atoms. The summed E-state index contributed by atoms with van der Waals surface area (Å²) >= 11 is 0. The molecular weight excluding hydrogens is 370 g/mol. The van der Waals surface area contributed by atoms with E-state index in [0.717, 1.165) is 10.8 Å². The molecule has 0 radical (unpaired) electrons. The second-order valence-corrected chi connectivity index (χ2v) is 6.57. The topological polar surface area (TPSA) is 74.6 Å². The number of halogens is 4. The Bertz CT molecular complexity index is 984. The van der Waals surface area contributed by atoms with Gasteiger partial charge < -0.3 is 19.9 Å². The highest BCUT2D eigenvalue weighted by molar-refractivity contribution is 5.95. The number of fused-ring (bicyclic) bond motifs is 1. The van der Waals surface area contributed by atoms with Crippen LogP contribution in [0.15, 0.2) is 17.1 Å². The lowest BCUT2D eigenvalue weighted by molar-refractivity contribution is -0.136. The smallest absolute Gasteiger partial charge is 0.420 e. The number of anilines is 1. The number of carboxylic acid groups (broad SMARTS) is 1. The number of aryl methyl sites for hydroxylation is 1. The Balaban J connectivity index is 2.43. The summed E-state index contributed by atoms with van der Waals surface area (Å²) in [5.74, 6) is -2.80. The van der Waals surface area contributed by atoms with Gasteiger partial charge in [0.2, 0.25) is 5.43 Å².